The average Bonchev–Trinajstić information content (AvgIpc) is 3.14. The van der Waals surface area contributed by atoms with E-state index in [2.05, 4.69) is 27.5 Å². The number of aryl methyl sites for hydroxylation is 4. The molecule has 3 rings (SSSR count). The molecule has 0 spiro atoms. The fourth-order valence-electron chi connectivity index (χ4n) is 3.24. The van der Waals surface area contributed by atoms with Crippen molar-refractivity contribution < 1.29 is 9.32 Å². The second kappa shape index (κ2) is 7.18. The Morgan fingerprint density at radius 2 is 2.08 bits per heavy atom. The highest BCUT2D eigenvalue weighted by molar-refractivity contribution is 5.91. The van der Waals surface area contributed by atoms with Gasteiger partial charge in [-0.2, -0.15) is 0 Å². The lowest BCUT2D eigenvalue weighted by Crippen LogP contribution is -2.24. The summed E-state index contributed by atoms with van der Waals surface area (Å²) < 4.78 is 5.18. The summed E-state index contributed by atoms with van der Waals surface area (Å²) in [5.74, 6) is 0.903. The minimum Gasteiger partial charge on any atom is -0.361 e. The van der Waals surface area contributed by atoms with Gasteiger partial charge in [-0.1, -0.05) is 11.2 Å². The van der Waals surface area contributed by atoms with Crippen LogP contribution < -0.4 is 5.32 Å². The van der Waals surface area contributed by atoms with Crippen LogP contribution in [0, 0.1) is 13.8 Å². The number of nitrogens with one attached hydrogen (secondary N) is 1. The molecule has 128 valence electrons. The number of aromatic nitrogens is 1. The van der Waals surface area contributed by atoms with Crippen molar-refractivity contribution in [2.75, 3.05) is 18.9 Å². The summed E-state index contributed by atoms with van der Waals surface area (Å²) in [4.78, 5) is 14.3. The van der Waals surface area contributed by atoms with E-state index >= 15 is 0 Å². The first-order chi connectivity index (χ1) is 11.5. The maximum Gasteiger partial charge on any atom is 0.225 e. The van der Waals surface area contributed by atoms with E-state index in [0.717, 1.165) is 42.1 Å². The molecule has 2 aromatic rings. The molecule has 24 heavy (non-hydrogen) atoms. The SMILES string of the molecule is Cc1noc(C)c1CN(C)CCC(=O)Nc1ccc2c(c1)CCC2. The number of anilines is 1. The molecule has 1 amide bonds. The second-order valence-electron chi connectivity index (χ2n) is 6.68. The van der Waals surface area contributed by atoms with Crippen molar-refractivity contribution in [1.82, 2.24) is 10.1 Å². The first-order valence-electron chi connectivity index (χ1n) is 8.55. The lowest BCUT2D eigenvalue weighted by atomic mass is 10.1. The highest BCUT2D eigenvalue weighted by Gasteiger charge is 2.14. The number of benzene rings is 1. The zero-order chi connectivity index (χ0) is 17.1. The molecule has 0 fully saturated rings. The van der Waals surface area contributed by atoms with E-state index in [1.807, 2.05) is 27.0 Å². The Balaban J connectivity index is 1.48. The van der Waals surface area contributed by atoms with Crippen LogP contribution in [0.25, 0.3) is 0 Å². The molecule has 0 unspecified atom stereocenters. The highest BCUT2D eigenvalue weighted by Crippen LogP contribution is 2.25. The van der Waals surface area contributed by atoms with E-state index in [-0.39, 0.29) is 5.91 Å². The molecule has 1 aromatic carbocycles. The van der Waals surface area contributed by atoms with Gasteiger partial charge in [0, 0.05) is 30.8 Å². The third-order valence-corrected chi connectivity index (χ3v) is 4.71. The van der Waals surface area contributed by atoms with Gasteiger partial charge in [-0.3, -0.25) is 4.79 Å². The maximum absolute atomic E-state index is 12.2. The smallest absolute Gasteiger partial charge is 0.225 e. The van der Waals surface area contributed by atoms with Crippen molar-refractivity contribution in [3.05, 3.63) is 46.3 Å². The van der Waals surface area contributed by atoms with Crippen molar-refractivity contribution in [1.29, 1.82) is 0 Å². The molecular formula is C19H25N3O2. The molecule has 1 heterocycles. The van der Waals surface area contributed by atoms with Gasteiger partial charge in [0.05, 0.1) is 5.69 Å². The van der Waals surface area contributed by atoms with Crippen LogP contribution in [0.1, 0.15) is 41.0 Å². The first-order valence-corrected chi connectivity index (χ1v) is 8.55. The summed E-state index contributed by atoms with van der Waals surface area (Å²) in [6.45, 7) is 5.30. The zero-order valence-electron chi connectivity index (χ0n) is 14.7. The van der Waals surface area contributed by atoms with Crippen molar-refractivity contribution in [2.24, 2.45) is 0 Å². The summed E-state index contributed by atoms with van der Waals surface area (Å²) in [6, 6.07) is 6.27. The fraction of sp³-hybridized carbons (Fsp3) is 0.474. The number of carbonyl (C=O) groups is 1. The summed E-state index contributed by atoms with van der Waals surface area (Å²) in [7, 11) is 2.01. The van der Waals surface area contributed by atoms with E-state index < -0.39 is 0 Å². The van der Waals surface area contributed by atoms with Crippen molar-refractivity contribution >= 4 is 11.6 Å². The molecule has 5 nitrogen and oxygen atoms in total. The predicted octanol–water partition coefficient (Wildman–Crippen LogP) is 3.24. The van der Waals surface area contributed by atoms with Gasteiger partial charge < -0.3 is 14.7 Å². The van der Waals surface area contributed by atoms with Crippen LogP contribution in [0.3, 0.4) is 0 Å². The van der Waals surface area contributed by atoms with E-state index in [0.29, 0.717) is 13.0 Å². The van der Waals surface area contributed by atoms with Crippen LogP contribution in [0.2, 0.25) is 0 Å². The second-order valence-corrected chi connectivity index (χ2v) is 6.68. The molecule has 0 saturated carbocycles. The number of rotatable bonds is 6. The molecule has 0 bridgehead atoms. The van der Waals surface area contributed by atoms with Crippen molar-refractivity contribution in [2.45, 2.75) is 46.1 Å². The lowest BCUT2D eigenvalue weighted by molar-refractivity contribution is -0.116. The zero-order valence-corrected chi connectivity index (χ0v) is 14.7. The molecule has 0 aliphatic heterocycles. The Bertz CT molecular complexity index is 717. The van der Waals surface area contributed by atoms with E-state index in [1.54, 1.807) is 0 Å². The number of fused-ring (bicyclic) bond motifs is 1. The molecule has 1 N–H and O–H groups in total. The summed E-state index contributed by atoms with van der Waals surface area (Å²) in [6.07, 6.45) is 3.98. The quantitative estimate of drug-likeness (QED) is 0.885. The van der Waals surface area contributed by atoms with Crippen LogP contribution in [0.4, 0.5) is 5.69 Å². The van der Waals surface area contributed by atoms with Gasteiger partial charge in [0.1, 0.15) is 5.76 Å². The van der Waals surface area contributed by atoms with E-state index in [1.165, 1.54) is 17.5 Å². The molecule has 1 aliphatic rings. The normalized spacial score (nSPS) is 13.3. The summed E-state index contributed by atoms with van der Waals surface area (Å²) in [5, 5.41) is 6.98. The summed E-state index contributed by atoms with van der Waals surface area (Å²) >= 11 is 0. The van der Waals surface area contributed by atoms with Gasteiger partial charge in [-0.15, -0.1) is 0 Å². The van der Waals surface area contributed by atoms with Crippen LogP contribution in [0.15, 0.2) is 22.7 Å². The predicted molar refractivity (Wildman–Crippen MR) is 94.0 cm³/mol. The van der Waals surface area contributed by atoms with Gasteiger partial charge in [-0.25, -0.2) is 0 Å². The minimum atomic E-state index is 0.0542. The van der Waals surface area contributed by atoms with Gasteiger partial charge >= 0.3 is 0 Å². The van der Waals surface area contributed by atoms with Gasteiger partial charge in [0.15, 0.2) is 0 Å². The van der Waals surface area contributed by atoms with Crippen molar-refractivity contribution in [3.8, 4) is 0 Å². The number of carbonyl (C=O) groups excluding carboxylic acids is 1. The Labute approximate surface area is 143 Å². The minimum absolute atomic E-state index is 0.0542. The van der Waals surface area contributed by atoms with Crippen LogP contribution in [-0.2, 0) is 24.2 Å². The molecule has 1 aliphatic carbocycles. The maximum atomic E-state index is 12.2. The van der Waals surface area contributed by atoms with Crippen molar-refractivity contribution in [3.63, 3.8) is 0 Å². The fourth-order valence-corrected chi connectivity index (χ4v) is 3.24. The first kappa shape index (κ1) is 16.7. The average molecular weight is 327 g/mol. The molecular weight excluding hydrogens is 302 g/mol. The molecule has 5 heteroatoms. The lowest BCUT2D eigenvalue weighted by Gasteiger charge is -2.16. The van der Waals surface area contributed by atoms with E-state index in [9.17, 15) is 4.79 Å². The topological polar surface area (TPSA) is 58.4 Å². The van der Waals surface area contributed by atoms with Crippen LogP contribution >= 0.6 is 0 Å². The third-order valence-electron chi connectivity index (χ3n) is 4.71. The highest BCUT2D eigenvalue weighted by atomic mass is 16.5. The Morgan fingerprint density at radius 1 is 1.29 bits per heavy atom. The standard InChI is InChI=1S/C19H25N3O2/c1-13-18(14(2)24-21-13)12-22(3)10-9-19(23)20-17-8-7-15-5-4-6-16(15)11-17/h7-8,11H,4-6,9-10,12H2,1-3H3,(H,20,23). The number of amides is 1. The largest absolute Gasteiger partial charge is 0.361 e. The molecule has 0 atom stereocenters. The summed E-state index contributed by atoms with van der Waals surface area (Å²) in [5.41, 5.74) is 5.74. The Hall–Kier alpha value is -2.14. The molecule has 0 saturated heterocycles. The van der Waals surface area contributed by atoms with Gasteiger partial charge in [0.2, 0.25) is 5.91 Å². The Morgan fingerprint density at radius 3 is 2.83 bits per heavy atom. The number of hydrogen-bond donors (Lipinski definition) is 1. The number of hydrogen-bond acceptors (Lipinski definition) is 4. The number of nitrogens with zero attached hydrogens (tertiary/aromatic N) is 2. The molecule has 0 radical (unpaired) electrons. The third kappa shape index (κ3) is 3.85. The van der Waals surface area contributed by atoms with Crippen LogP contribution in [-0.4, -0.2) is 29.6 Å². The van der Waals surface area contributed by atoms with Gasteiger partial charge in [0.25, 0.3) is 0 Å². The molecule has 1 aromatic heterocycles. The van der Waals surface area contributed by atoms with Crippen LogP contribution in [0.5, 0.6) is 0 Å². The monoisotopic (exact) mass is 327 g/mol. The van der Waals surface area contributed by atoms with E-state index in [4.69, 9.17) is 4.52 Å². The Kier molecular flexibility index (Phi) is 5.00. The van der Waals surface area contributed by atoms with Gasteiger partial charge in [-0.05, 0) is 63.4 Å².